The van der Waals surface area contributed by atoms with Gasteiger partial charge in [-0.15, -0.1) is 12.4 Å². The Balaban J connectivity index is 0.00000176. The van der Waals surface area contributed by atoms with Crippen LogP contribution < -0.4 is 11.1 Å². The molecule has 2 amide bonds. The largest absolute Gasteiger partial charge is 0.369 e. The summed E-state index contributed by atoms with van der Waals surface area (Å²) in [5.41, 5.74) is 8.55. The van der Waals surface area contributed by atoms with Crippen molar-refractivity contribution in [1.82, 2.24) is 10.2 Å². The van der Waals surface area contributed by atoms with Crippen LogP contribution in [0.4, 0.5) is 0 Å². The van der Waals surface area contributed by atoms with Crippen LogP contribution in [0.15, 0.2) is 18.2 Å². The first kappa shape index (κ1) is 16.8. The number of likely N-dealkylation sites (tertiary alicyclic amines) is 1. The van der Waals surface area contributed by atoms with Crippen LogP contribution in [0.5, 0.6) is 0 Å². The van der Waals surface area contributed by atoms with Crippen molar-refractivity contribution in [3.05, 3.63) is 34.9 Å². The van der Waals surface area contributed by atoms with Crippen molar-refractivity contribution >= 4 is 24.2 Å². The van der Waals surface area contributed by atoms with E-state index in [9.17, 15) is 9.59 Å². The molecule has 2 heterocycles. The van der Waals surface area contributed by atoms with E-state index in [1.54, 1.807) is 4.90 Å². The van der Waals surface area contributed by atoms with Gasteiger partial charge in [0.25, 0.3) is 5.91 Å². The molecule has 120 valence electrons. The van der Waals surface area contributed by atoms with Gasteiger partial charge in [0.05, 0.1) is 5.92 Å². The number of rotatable bonds is 2. The molecule has 0 bridgehead atoms. The average molecular weight is 324 g/mol. The quantitative estimate of drug-likeness (QED) is 0.864. The van der Waals surface area contributed by atoms with Gasteiger partial charge in [0.2, 0.25) is 5.91 Å². The van der Waals surface area contributed by atoms with E-state index in [4.69, 9.17) is 5.73 Å². The van der Waals surface area contributed by atoms with E-state index < -0.39 is 0 Å². The zero-order valence-electron chi connectivity index (χ0n) is 12.7. The molecule has 2 aliphatic heterocycles. The highest BCUT2D eigenvalue weighted by Crippen LogP contribution is 2.25. The second-order valence-electron chi connectivity index (χ2n) is 6.07. The van der Waals surface area contributed by atoms with Crippen LogP contribution in [-0.4, -0.2) is 29.3 Å². The lowest BCUT2D eigenvalue weighted by molar-refractivity contribution is -0.123. The molecule has 0 aromatic heterocycles. The van der Waals surface area contributed by atoms with Gasteiger partial charge in [-0.3, -0.25) is 9.59 Å². The SMILES string of the molecule is CC1CCC(C(N)=O)CN1C(=O)c1ccc2c(c1)CNC2.Cl. The summed E-state index contributed by atoms with van der Waals surface area (Å²) >= 11 is 0. The molecule has 1 saturated heterocycles. The first-order chi connectivity index (χ1) is 10.1. The number of primary amides is 1. The molecule has 0 aliphatic carbocycles. The summed E-state index contributed by atoms with van der Waals surface area (Å²) in [5.74, 6) is -0.526. The third-order valence-corrected chi connectivity index (χ3v) is 4.63. The summed E-state index contributed by atoms with van der Waals surface area (Å²) in [6.07, 6.45) is 1.60. The van der Waals surface area contributed by atoms with E-state index in [-0.39, 0.29) is 36.2 Å². The highest BCUT2D eigenvalue weighted by molar-refractivity contribution is 5.95. The van der Waals surface area contributed by atoms with E-state index in [2.05, 4.69) is 5.32 Å². The zero-order chi connectivity index (χ0) is 15.0. The average Bonchev–Trinajstić information content (AvgIpc) is 2.94. The third kappa shape index (κ3) is 3.10. The van der Waals surface area contributed by atoms with Crippen LogP contribution in [0.3, 0.4) is 0 Å². The van der Waals surface area contributed by atoms with Crippen molar-refractivity contribution in [1.29, 1.82) is 0 Å². The minimum Gasteiger partial charge on any atom is -0.369 e. The van der Waals surface area contributed by atoms with E-state index in [1.165, 1.54) is 11.1 Å². The van der Waals surface area contributed by atoms with Crippen LogP contribution in [-0.2, 0) is 17.9 Å². The number of nitrogens with one attached hydrogen (secondary N) is 1. The lowest BCUT2D eigenvalue weighted by atomic mass is 9.92. The Bertz CT molecular complexity index is 591. The second-order valence-corrected chi connectivity index (χ2v) is 6.07. The Labute approximate surface area is 136 Å². The number of piperidine rings is 1. The molecule has 22 heavy (non-hydrogen) atoms. The number of halogens is 1. The van der Waals surface area contributed by atoms with Crippen LogP contribution in [0.1, 0.15) is 41.3 Å². The van der Waals surface area contributed by atoms with Gasteiger partial charge in [-0.25, -0.2) is 0 Å². The molecule has 2 atom stereocenters. The maximum atomic E-state index is 12.7. The summed E-state index contributed by atoms with van der Waals surface area (Å²) in [4.78, 5) is 25.9. The molecule has 3 N–H and O–H groups in total. The highest BCUT2D eigenvalue weighted by atomic mass is 35.5. The number of nitrogens with zero attached hydrogens (tertiary/aromatic N) is 1. The minimum atomic E-state index is -0.308. The molecule has 1 aromatic carbocycles. The number of nitrogens with two attached hydrogens (primary N) is 1. The van der Waals surface area contributed by atoms with Gasteiger partial charge in [-0.05, 0) is 43.0 Å². The van der Waals surface area contributed by atoms with Gasteiger partial charge in [0.15, 0.2) is 0 Å². The van der Waals surface area contributed by atoms with Gasteiger partial charge >= 0.3 is 0 Å². The lowest BCUT2D eigenvalue weighted by Gasteiger charge is -2.37. The molecule has 0 radical (unpaired) electrons. The van der Waals surface area contributed by atoms with Gasteiger partial charge < -0.3 is 16.0 Å². The Kier molecular flexibility index (Phi) is 5.08. The predicted octanol–water partition coefficient (Wildman–Crippen LogP) is 1.44. The Morgan fingerprint density at radius 1 is 1.23 bits per heavy atom. The van der Waals surface area contributed by atoms with Crippen molar-refractivity contribution in [2.24, 2.45) is 11.7 Å². The van der Waals surface area contributed by atoms with Crippen LogP contribution >= 0.6 is 12.4 Å². The van der Waals surface area contributed by atoms with Gasteiger partial charge in [-0.1, -0.05) is 6.07 Å². The predicted molar refractivity (Wildman–Crippen MR) is 86.7 cm³/mol. The Hall–Kier alpha value is -1.59. The number of amides is 2. The summed E-state index contributed by atoms with van der Waals surface area (Å²) < 4.78 is 0. The van der Waals surface area contributed by atoms with Crippen LogP contribution in [0.2, 0.25) is 0 Å². The monoisotopic (exact) mass is 323 g/mol. The lowest BCUT2D eigenvalue weighted by Crippen LogP contribution is -2.48. The number of carbonyl (C=O) groups is 2. The number of benzene rings is 1. The van der Waals surface area contributed by atoms with Gasteiger partial charge in [0, 0.05) is 31.2 Å². The molecule has 2 aliphatic rings. The number of carbonyl (C=O) groups excluding carboxylic acids is 2. The normalized spacial score (nSPS) is 23.6. The Morgan fingerprint density at radius 2 is 1.95 bits per heavy atom. The molecule has 2 unspecified atom stereocenters. The molecule has 3 rings (SSSR count). The van der Waals surface area contributed by atoms with E-state index in [0.717, 1.165) is 25.9 Å². The fraction of sp³-hybridized carbons (Fsp3) is 0.500. The minimum absolute atomic E-state index is 0. The van der Waals surface area contributed by atoms with Crippen molar-refractivity contribution in [3.63, 3.8) is 0 Å². The van der Waals surface area contributed by atoms with E-state index in [0.29, 0.717) is 12.1 Å². The topological polar surface area (TPSA) is 75.4 Å². The summed E-state index contributed by atoms with van der Waals surface area (Å²) in [6, 6.07) is 6.02. The van der Waals surface area contributed by atoms with Gasteiger partial charge in [0.1, 0.15) is 0 Å². The molecular formula is C16H22ClN3O2. The maximum absolute atomic E-state index is 12.7. The molecule has 5 nitrogen and oxygen atoms in total. The summed E-state index contributed by atoms with van der Waals surface area (Å²) in [7, 11) is 0. The van der Waals surface area contributed by atoms with Gasteiger partial charge in [-0.2, -0.15) is 0 Å². The van der Waals surface area contributed by atoms with Crippen molar-refractivity contribution in [3.8, 4) is 0 Å². The smallest absolute Gasteiger partial charge is 0.254 e. The van der Waals surface area contributed by atoms with Crippen LogP contribution in [0.25, 0.3) is 0 Å². The molecule has 0 saturated carbocycles. The van der Waals surface area contributed by atoms with E-state index in [1.807, 2.05) is 25.1 Å². The number of hydrogen-bond acceptors (Lipinski definition) is 3. The fourth-order valence-corrected chi connectivity index (χ4v) is 3.22. The van der Waals surface area contributed by atoms with Crippen LogP contribution in [0, 0.1) is 5.92 Å². The fourth-order valence-electron chi connectivity index (χ4n) is 3.22. The Morgan fingerprint density at radius 3 is 2.68 bits per heavy atom. The molecule has 6 heteroatoms. The standard InChI is InChI=1S/C16H21N3O2.ClH/c1-10-2-3-13(15(17)20)9-19(10)16(21)11-4-5-12-7-18-8-14(12)6-11;/h4-6,10,13,18H,2-3,7-9H2,1H3,(H2,17,20);1H. The van der Waals surface area contributed by atoms with E-state index >= 15 is 0 Å². The first-order valence-corrected chi connectivity index (χ1v) is 7.49. The number of fused-ring (bicyclic) bond motifs is 1. The first-order valence-electron chi connectivity index (χ1n) is 7.49. The van der Waals surface area contributed by atoms with Crippen molar-refractivity contribution < 1.29 is 9.59 Å². The molecular weight excluding hydrogens is 302 g/mol. The molecule has 1 aromatic rings. The second kappa shape index (κ2) is 6.67. The highest BCUT2D eigenvalue weighted by Gasteiger charge is 2.32. The molecule has 0 spiro atoms. The summed E-state index contributed by atoms with van der Waals surface area (Å²) in [5, 5.41) is 3.28. The summed E-state index contributed by atoms with van der Waals surface area (Å²) in [6.45, 7) is 4.15. The number of hydrogen-bond donors (Lipinski definition) is 2. The van der Waals surface area contributed by atoms with Crippen molar-refractivity contribution in [2.75, 3.05) is 6.54 Å². The third-order valence-electron chi connectivity index (χ3n) is 4.63. The van der Waals surface area contributed by atoms with Crippen molar-refractivity contribution in [2.45, 2.75) is 38.9 Å². The maximum Gasteiger partial charge on any atom is 0.254 e. The molecule has 1 fully saturated rings. The zero-order valence-corrected chi connectivity index (χ0v) is 13.5.